The van der Waals surface area contributed by atoms with Crippen molar-refractivity contribution < 1.29 is 14.7 Å². The molecule has 0 bridgehead atoms. The summed E-state index contributed by atoms with van der Waals surface area (Å²) < 4.78 is 0. The van der Waals surface area contributed by atoms with Gasteiger partial charge in [-0.05, 0) is 18.2 Å². The van der Waals surface area contributed by atoms with E-state index in [1.54, 1.807) is 18.0 Å². The predicted molar refractivity (Wildman–Crippen MR) is 104 cm³/mol. The van der Waals surface area contributed by atoms with E-state index < -0.39 is 11.2 Å². The SMILES string of the molecule is O=C(O)CC1SC(=NN=Cc2ccccc2Sc2ccccc2)NC1=O. The molecule has 1 saturated heterocycles. The number of amidine groups is 1. The van der Waals surface area contributed by atoms with E-state index in [1.165, 1.54) is 0 Å². The van der Waals surface area contributed by atoms with Gasteiger partial charge in [0.25, 0.3) is 0 Å². The quantitative estimate of drug-likeness (QED) is 0.588. The largest absolute Gasteiger partial charge is 0.481 e. The lowest BCUT2D eigenvalue weighted by atomic mass is 10.2. The summed E-state index contributed by atoms with van der Waals surface area (Å²) >= 11 is 2.70. The van der Waals surface area contributed by atoms with Crippen LogP contribution < -0.4 is 5.32 Å². The number of hydrogen-bond donors (Lipinski definition) is 2. The van der Waals surface area contributed by atoms with Crippen LogP contribution in [0, 0.1) is 0 Å². The molecule has 26 heavy (non-hydrogen) atoms. The molecule has 1 aliphatic rings. The van der Waals surface area contributed by atoms with E-state index in [0.717, 1.165) is 27.1 Å². The lowest BCUT2D eigenvalue weighted by Crippen LogP contribution is -2.26. The van der Waals surface area contributed by atoms with E-state index in [-0.39, 0.29) is 12.3 Å². The minimum absolute atomic E-state index is 0.240. The van der Waals surface area contributed by atoms with Crippen molar-refractivity contribution in [1.82, 2.24) is 5.32 Å². The second-order valence-corrected chi connectivity index (χ2v) is 7.60. The molecule has 132 valence electrons. The van der Waals surface area contributed by atoms with Gasteiger partial charge >= 0.3 is 5.97 Å². The third kappa shape index (κ3) is 4.96. The topological polar surface area (TPSA) is 91.1 Å². The molecule has 6 nitrogen and oxygen atoms in total. The van der Waals surface area contributed by atoms with Gasteiger partial charge in [-0.2, -0.15) is 5.10 Å². The van der Waals surface area contributed by atoms with Crippen molar-refractivity contribution in [2.24, 2.45) is 10.2 Å². The van der Waals surface area contributed by atoms with Crippen LogP contribution >= 0.6 is 23.5 Å². The highest BCUT2D eigenvalue weighted by Crippen LogP contribution is 2.29. The van der Waals surface area contributed by atoms with Crippen molar-refractivity contribution in [1.29, 1.82) is 0 Å². The van der Waals surface area contributed by atoms with Crippen molar-refractivity contribution in [3.8, 4) is 0 Å². The average Bonchev–Trinajstić information content (AvgIpc) is 2.96. The van der Waals surface area contributed by atoms with Gasteiger partial charge in [0.2, 0.25) is 5.91 Å². The Kier molecular flexibility index (Phi) is 6.08. The Bertz CT molecular complexity index is 869. The van der Waals surface area contributed by atoms with E-state index in [4.69, 9.17) is 5.11 Å². The van der Waals surface area contributed by atoms with Gasteiger partial charge in [0, 0.05) is 15.4 Å². The molecule has 8 heteroatoms. The molecule has 1 atom stereocenters. The molecule has 1 amide bonds. The summed E-state index contributed by atoms with van der Waals surface area (Å²) in [5.74, 6) is -1.37. The maximum absolute atomic E-state index is 11.7. The zero-order valence-electron chi connectivity index (χ0n) is 13.5. The van der Waals surface area contributed by atoms with Crippen LogP contribution in [0.2, 0.25) is 0 Å². The van der Waals surface area contributed by atoms with E-state index in [0.29, 0.717) is 5.17 Å². The lowest BCUT2D eigenvalue weighted by molar-refractivity contribution is -0.138. The highest BCUT2D eigenvalue weighted by atomic mass is 32.2. The minimum Gasteiger partial charge on any atom is -0.481 e. The first-order valence-corrected chi connectivity index (χ1v) is 9.44. The van der Waals surface area contributed by atoms with Crippen LogP contribution in [0.3, 0.4) is 0 Å². The number of nitrogens with one attached hydrogen (secondary N) is 1. The molecule has 0 radical (unpaired) electrons. The summed E-state index contributed by atoms with van der Waals surface area (Å²) in [7, 11) is 0. The number of carboxylic acids is 1. The van der Waals surface area contributed by atoms with E-state index in [9.17, 15) is 9.59 Å². The van der Waals surface area contributed by atoms with Crippen LogP contribution in [0.25, 0.3) is 0 Å². The maximum Gasteiger partial charge on any atom is 0.305 e. The molecule has 2 aromatic carbocycles. The highest BCUT2D eigenvalue weighted by Gasteiger charge is 2.32. The fraction of sp³-hybridized carbons (Fsp3) is 0.111. The molecule has 1 unspecified atom stereocenters. The van der Waals surface area contributed by atoms with Gasteiger partial charge in [-0.25, -0.2) is 0 Å². The number of carbonyl (C=O) groups excluding carboxylic acids is 1. The first-order valence-electron chi connectivity index (χ1n) is 7.74. The smallest absolute Gasteiger partial charge is 0.305 e. The molecule has 2 N–H and O–H groups in total. The number of thioether (sulfide) groups is 1. The number of amides is 1. The number of hydrogen-bond acceptors (Lipinski definition) is 6. The summed E-state index contributed by atoms with van der Waals surface area (Å²) in [4.78, 5) is 24.6. The molecule has 0 spiro atoms. The van der Waals surface area contributed by atoms with Gasteiger partial charge in [0.1, 0.15) is 5.25 Å². The Morgan fingerprint density at radius 1 is 1.19 bits per heavy atom. The number of carbonyl (C=O) groups is 2. The fourth-order valence-electron chi connectivity index (χ4n) is 2.18. The summed E-state index contributed by atoms with van der Waals surface area (Å²) in [6, 6.07) is 17.8. The third-order valence-electron chi connectivity index (χ3n) is 3.37. The summed E-state index contributed by atoms with van der Waals surface area (Å²) in [6.07, 6.45) is 1.38. The van der Waals surface area contributed by atoms with Crippen LogP contribution in [0.4, 0.5) is 0 Å². The number of rotatable bonds is 6. The zero-order chi connectivity index (χ0) is 18.4. The Labute approximate surface area is 158 Å². The Balaban J connectivity index is 1.69. The lowest BCUT2D eigenvalue weighted by Gasteiger charge is -2.04. The molecule has 1 aliphatic heterocycles. The second-order valence-electron chi connectivity index (χ2n) is 5.30. The molecular weight excluding hydrogens is 370 g/mol. The monoisotopic (exact) mass is 385 g/mol. The first kappa shape index (κ1) is 18.2. The highest BCUT2D eigenvalue weighted by molar-refractivity contribution is 8.15. The van der Waals surface area contributed by atoms with Gasteiger partial charge in [-0.1, -0.05) is 59.9 Å². The third-order valence-corrected chi connectivity index (χ3v) is 5.54. The molecule has 0 saturated carbocycles. The summed E-state index contributed by atoms with van der Waals surface area (Å²) in [5, 5.41) is 19.0. The zero-order valence-corrected chi connectivity index (χ0v) is 15.2. The van der Waals surface area contributed by atoms with E-state index >= 15 is 0 Å². The van der Waals surface area contributed by atoms with Crippen LogP contribution in [0.1, 0.15) is 12.0 Å². The summed E-state index contributed by atoms with van der Waals surface area (Å²) in [6.45, 7) is 0. The van der Waals surface area contributed by atoms with Crippen molar-refractivity contribution in [3.63, 3.8) is 0 Å². The molecule has 0 aromatic heterocycles. The first-order chi connectivity index (χ1) is 12.6. The van der Waals surface area contributed by atoms with Crippen molar-refractivity contribution in [2.45, 2.75) is 21.5 Å². The molecule has 1 heterocycles. The fourth-order valence-corrected chi connectivity index (χ4v) is 4.03. The molecule has 1 fully saturated rings. The Morgan fingerprint density at radius 3 is 2.69 bits per heavy atom. The van der Waals surface area contributed by atoms with Crippen molar-refractivity contribution in [2.75, 3.05) is 0 Å². The van der Waals surface area contributed by atoms with Gasteiger partial charge in [0.15, 0.2) is 5.17 Å². The van der Waals surface area contributed by atoms with E-state index in [1.807, 2.05) is 54.6 Å². The minimum atomic E-state index is -1.02. The predicted octanol–water partition coefficient (Wildman–Crippen LogP) is 3.23. The van der Waals surface area contributed by atoms with Gasteiger partial charge < -0.3 is 10.4 Å². The Hall–Kier alpha value is -2.58. The van der Waals surface area contributed by atoms with Crippen molar-refractivity contribution >= 4 is 46.8 Å². The van der Waals surface area contributed by atoms with Gasteiger partial charge in [-0.3, -0.25) is 9.59 Å². The van der Waals surface area contributed by atoms with Crippen LogP contribution in [0.15, 0.2) is 74.6 Å². The molecule has 0 aliphatic carbocycles. The van der Waals surface area contributed by atoms with E-state index in [2.05, 4.69) is 15.5 Å². The number of aliphatic carboxylic acids is 1. The average molecular weight is 385 g/mol. The molecule has 2 aromatic rings. The van der Waals surface area contributed by atoms with Gasteiger partial charge in [0.05, 0.1) is 12.6 Å². The van der Waals surface area contributed by atoms with Crippen molar-refractivity contribution in [3.05, 3.63) is 60.2 Å². The van der Waals surface area contributed by atoms with Crippen LogP contribution in [-0.4, -0.2) is 33.6 Å². The normalized spacial score (nSPS) is 18.4. The number of carboxylic acid groups (broad SMARTS) is 1. The van der Waals surface area contributed by atoms with Crippen LogP contribution in [0.5, 0.6) is 0 Å². The molecular formula is C18H15N3O3S2. The number of benzene rings is 2. The Morgan fingerprint density at radius 2 is 1.92 bits per heavy atom. The van der Waals surface area contributed by atoms with Gasteiger partial charge in [-0.15, -0.1) is 5.10 Å². The summed E-state index contributed by atoms with van der Waals surface area (Å²) in [5.41, 5.74) is 0.905. The number of nitrogens with zero attached hydrogens (tertiary/aromatic N) is 2. The standard InChI is InChI=1S/C18H15N3O3S2/c22-16(23)10-15-17(24)20-18(26-15)21-19-11-12-6-4-5-9-14(12)25-13-7-2-1-3-8-13/h1-9,11,15H,10H2,(H,22,23)(H,20,21,24). The molecule has 3 rings (SSSR count). The van der Waals surface area contributed by atoms with Crippen LogP contribution in [-0.2, 0) is 9.59 Å². The second kappa shape index (κ2) is 8.68. The maximum atomic E-state index is 11.7.